The number of nitrogens with one attached hydrogen (secondary N) is 1. The Balaban J connectivity index is 0.000000387. The Hall–Kier alpha value is -3.18. The van der Waals surface area contributed by atoms with Crippen LogP contribution in [0.4, 0.5) is 5.13 Å². The van der Waals surface area contributed by atoms with Crippen molar-refractivity contribution in [1.82, 2.24) is 14.9 Å². The topological polar surface area (TPSA) is 171 Å². The number of nitrogens with zero attached hydrogens (tertiary/aromatic N) is 3. The molecule has 2 aromatic rings. The van der Waals surface area contributed by atoms with Gasteiger partial charge in [-0.1, -0.05) is 0 Å². The minimum Gasteiger partial charge on any atom is -0.478 e. The first-order valence-corrected chi connectivity index (χ1v) is 8.49. The molecule has 0 bridgehead atoms. The smallest absolute Gasteiger partial charge is 0.328 e. The van der Waals surface area contributed by atoms with E-state index in [9.17, 15) is 9.59 Å². The van der Waals surface area contributed by atoms with E-state index < -0.39 is 11.9 Å². The van der Waals surface area contributed by atoms with Gasteiger partial charge in [0, 0.05) is 29.8 Å². The summed E-state index contributed by atoms with van der Waals surface area (Å²) >= 11 is 1.41. The highest BCUT2D eigenvalue weighted by Crippen LogP contribution is 2.27. The molecule has 2 rings (SSSR count). The van der Waals surface area contributed by atoms with Crippen molar-refractivity contribution in [1.29, 1.82) is 0 Å². The van der Waals surface area contributed by atoms with Crippen molar-refractivity contribution in [3.05, 3.63) is 34.9 Å². The summed E-state index contributed by atoms with van der Waals surface area (Å²) in [5.41, 5.74) is 14.9. The summed E-state index contributed by atoms with van der Waals surface area (Å²) in [6.45, 7) is 2.96. The summed E-state index contributed by atoms with van der Waals surface area (Å²) in [6.07, 6.45) is 1.12. The Morgan fingerprint density at radius 2 is 1.89 bits per heavy atom. The number of rotatable bonds is 6. The lowest BCUT2D eigenvalue weighted by atomic mass is 10.2. The predicted molar refractivity (Wildman–Crippen MR) is 104 cm³/mol. The van der Waals surface area contributed by atoms with Gasteiger partial charge in [-0.2, -0.15) is 4.99 Å². The molecule has 11 heteroatoms. The number of carbonyl (C=O) groups is 2. The van der Waals surface area contributed by atoms with Gasteiger partial charge in [-0.3, -0.25) is 0 Å². The molecule has 2 heterocycles. The summed E-state index contributed by atoms with van der Waals surface area (Å²) in [7, 11) is 4.09. The Morgan fingerprint density at radius 1 is 1.30 bits per heavy atom. The van der Waals surface area contributed by atoms with Crippen LogP contribution in [0, 0.1) is 6.92 Å². The van der Waals surface area contributed by atoms with Crippen molar-refractivity contribution in [3.8, 4) is 11.4 Å². The third-order valence-electron chi connectivity index (χ3n) is 2.97. The molecule has 2 aromatic heterocycles. The van der Waals surface area contributed by atoms with Crippen LogP contribution in [0.2, 0.25) is 0 Å². The summed E-state index contributed by atoms with van der Waals surface area (Å²) in [6, 6.07) is 2.11. The molecule has 7 N–H and O–H groups in total. The SMILES string of the molecule is Cc1[nH]c(-c2csc(N=C(N)N)n2)cc1CN(C)C.O=C(O)/C=C\C(=O)O. The second kappa shape index (κ2) is 10.1. The monoisotopic (exact) mass is 394 g/mol. The summed E-state index contributed by atoms with van der Waals surface area (Å²) < 4.78 is 0. The first kappa shape index (κ1) is 21.9. The molecule has 0 aliphatic heterocycles. The van der Waals surface area contributed by atoms with E-state index in [1.54, 1.807) is 0 Å². The predicted octanol–water partition coefficient (Wildman–Crippen LogP) is 1.12. The van der Waals surface area contributed by atoms with Crippen molar-refractivity contribution < 1.29 is 19.8 Å². The normalized spacial score (nSPS) is 10.5. The van der Waals surface area contributed by atoms with E-state index in [0.29, 0.717) is 17.3 Å². The van der Waals surface area contributed by atoms with Crippen molar-refractivity contribution in [2.75, 3.05) is 14.1 Å². The highest BCUT2D eigenvalue weighted by atomic mass is 32.1. The van der Waals surface area contributed by atoms with E-state index in [1.807, 2.05) is 19.5 Å². The molecule has 0 aliphatic carbocycles. The summed E-state index contributed by atoms with van der Waals surface area (Å²) in [4.78, 5) is 32.9. The van der Waals surface area contributed by atoms with Crippen LogP contribution in [-0.2, 0) is 16.1 Å². The van der Waals surface area contributed by atoms with Crippen LogP contribution in [-0.4, -0.2) is 57.1 Å². The maximum Gasteiger partial charge on any atom is 0.328 e. The fourth-order valence-electron chi connectivity index (χ4n) is 1.94. The number of aliphatic imine (C=N–C) groups is 1. The molecular weight excluding hydrogens is 372 g/mol. The molecule has 0 aromatic carbocycles. The minimum atomic E-state index is -1.26. The standard InChI is InChI=1S/C12H18N6S.C4H4O4/c1-7-8(5-18(2)3)4-9(15-7)10-6-19-12(16-10)17-11(13)14;5-3(6)1-2-4(7)8/h4,6,15H,5H2,1-3H3,(H4,13,14,16,17);1-2H,(H,5,6)(H,7,8)/b;2-1-. The average Bonchev–Trinajstić information content (AvgIpc) is 3.12. The molecule has 27 heavy (non-hydrogen) atoms. The number of aliphatic carboxylic acids is 2. The van der Waals surface area contributed by atoms with Gasteiger partial charge in [-0.25, -0.2) is 14.6 Å². The quantitative estimate of drug-likeness (QED) is 0.275. The third-order valence-corrected chi connectivity index (χ3v) is 3.70. The Morgan fingerprint density at radius 3 is 2.37 bits per heavy atom. The van der Waals surface area contributed by atoms with Gasteiger partial charge in [0.25, 0.3) is 0 Å². The van der Waals surface area contributed by atoms with Crippen LogP contribution in [0.3, 0.4) is 0 Å². The van der Waals surface area contributed by atoms with E-state index in [0.717, 1.165) is 23.6 Å². The van der Waals surface area contributed by atoms with Crippen LogP contribution >= 0.6 is 11.3 Å². The molecule has 10 nitrogen and oxygen atoms in total. The highest BCUT2D eigenvalue weighted by molar-refractivity contribution is 7.13. The number of aromatic amines is 1. The first-order valence-electron chi connectivity index (χ1n) is 7.61. The maximum absolute atomic E-state index is 9.55. The van der Waals surface area contributed by atoms with Crippen LogP contribution in [0.1, 0.15) is 11.3 Å². The van der Waals surface area contributed by atoms with Crippen molar-refractivity contribution in [2.24, 2.45) is 16.5 Å². The molecule has 0 aliphatic rings. The Labute approximate surface area is 159 Å². The fourth-order valence-corrected chi connectivity index (χ4v) is 2.64. The van der Waals surface area contributed by atoms with Crippen LogP contribution in [0.15, 0.2) is 28.6 Å². The molecular formula is C16H22N6O4S. The number of carboxylic acids is 2. The number of aryl methyl sites for hydroxylation is 1. The van der Waals surface area contributed by atoms with Crippen molar-refractivity contribution in [2.45, 2.75) is 13.5 Å². The minimum absolute atomic E-state index is 0.0249. The number of H-pyrrole nitrogens is 1. The largest absolute Gasteiger partial charge is 0.478 e. The maximum atomic E-state index is 9.55. The summed E-state index contributed by atoms with van der Waals surface area (Å²) in [5.74, 6) is -2.49. The first-order chi connectivity index (χ1) is 12.6. The fraction of sp³-hybridized carbons (Fsp3) is 0.250. The van der Waals surface area contributed by atoms with Gasteiger partial charge in [0.2, 0.25) is 5.13 Å². The molecule has 0 unspecified atom stereocenters. The number of hydrogen-bond acceptors (Lipinski definition) is 6. The van der Waals surface area contributed by atoms with Gasteiger partial charge in [-0.15, -0.1) is 11.3 Å². The lowest BCUT2D eigenvalue weighted by Crippen LogP contribution is -2.21. The molecule has 0 amide bonds. The van der Waals surface area contributed by atoms with E-state index >= 15 is 0 Å². The van der Waals surface area contributed by atoms with Gasteiger partial charge < -0.3 is 31.6 Å². The highest BCUT2D eigenvalue weighted by Gasteiger charge is 2.10. The lowest BCUT2D eigenvalue weighted by molar-refractivity contribution is -0.134. The van der Waals surface area contributed by atoms with Gasteiger partial charge in [0.05, 0.1) is 11.4 Å². The average molecular weight is 394 g/mol. The number of guanidine groups is 1. The number of thiazole rings is 1. The molecule has 146 valence electrons. The second-order valence-corrected chi connectivity index (χ2v) is 6.47. The molecule has 0 spiro atoms. The van der Waals surface area contributed by atoms with Crippen molar-refractivity contribution >= 4 is 34.4 Å². The van der Waals surface area contributed by atoms with Gasteiger partial charge in [-0.05, 0) is 32.6 Å². The second-order valence-electron chi connectivity index (χ2n) is 5.63. The van der Waals surface area contributed by atoms with Crippen LogP contribution in [0.25, 0.3) is 11.4 Å². The van der Waals surface area contributed by atoms with Crippen molar-refractivity contribution in [3.63, 3.8) is 0 Å². The van der Waals surface area contributed by atoms with Crippen LogP contribution in [0.5, 0.6) is 0 Å². The van der Waals surface area contributed by atoms with E-state index in [1.165, 1.54) is 16.9 Å². The molecule has 0 saturated heterocycles. The van der Waals surface area contributed by atoms with E-state index in [2.05, 4.69) is 32.9 Å². The van der Waals surface area contributed by atoms with Gasteiger partial charge >= 0.3 is 11.9 Å². The molecule has 0 radical (unpaired) electrons. The summed E-state index contributed by atoms with van der Waals surface area (Å²) in [5, 5.41) is 18.1. The molecule has 0 atom stereocenters. The Kier molecular flexibility index (Phi) is 8.17. The van der Waals surface area contributed by atoms with E-state index in [-0.39, 0.29) is 5.96 Å². The van der Waals surface area contributed by atoms with Gasteiger partial charge in [0.15, 0.2) is 5.96 Å². The number of nitrogens with two attached hydrogens (primary N) is 2. The Bertz CT molecular complexity index is 833. The van der Waals surface area contributed by atoms with E-state index in [4.69, 9.17) is 21.7 Å². The molecule has 0 fully saturated rings. The number of carboxylic acid groups (broad SMARTS) is 2. The number of hydrogen-bond donors (Lipinski definition) is 5. The third kappa shape index (κ3) is 8.16. The van der Waals surface area contributed by atoms with Crippen LogP contribution < -0.4 is 11.5 Å². The lowest BCUT2D eigenvalue weighted by Gasteiger charge is -2.07. The number of aromatic nitrogens is 2. The zero-order chi connectivity index (χ0) is 20.6. The zero-order valence-corrected chi connectivity index (χ0v) is 15.9. The van der Waals surface area contributed by atoms with Gasteiger partial charge in [0.1, 0.15) is 0 Å². The zero-order valence-electron chi connectivity index (χ0n) is 15.1. The molecule has 0 saturated carbocycles.